The number of ether oxygens (including phenoxy) is 1. The van der Waals surface area contributed by atoms with Gasteiger partial charge in [0.25, 0.3) is 0 Å². The highest BCUT2D eigenvalue weighted by Crippen LogP contribution is 2.24. The zero-order chi connectivity index (χ0) is 18.4. The molecule has 1 aliphatic rings. The Hall–Kier alpha value is -2.33. The van der Waals surface area contributed by atoms with Gasteiger partial charge in [0.2, 0.25) is 5.91 Å². The molecule has 2 aromatic rings. The van der Waals surface area contributed by atoms with Gasteiger partial charge in [0.05, 0.1) is 0 Å². The topological polar surface area (TPSA) is 55.6 Å². The second kappa shape index (κ2) is 8.86. The molecule has 1 aliphatic carbocycles. The third-order valence-electron chi connectivity index (χ3n) is 5.25. The predicted molar refractivity (Wildman–Crippen MR) is 105 cm³/mol. The first-order chi connectivity index (χ1) is 12.6. The first kappa shape index (κ1) is 18.5. The second-order valence-electron chi connectivity index (χ2n) is 7.09. The quantitative estimate of drug-likeness (QED) is 0.816. The number of benzene rings is 2. The van der Waals surface area contributed by atoms with Crippen LogP contribution in [0, 0.1) is 0 Å². The summed E-state index contributed by atoms with van der Waals surface area (Å²) < 4.78 is 5.90. The minimum Gasteiger partial charge on any atom is -0.492 e. The summed E-state index contributed by atoms with van der Waals surface area (Å²) in [4.78, 5) is 13.8. The Balaban J connectivity index is 1.53. The number of carbonyl (C=O) groups excluding carboxylic acids is 1. The van der Waals surface area contributed by atoms with Crippen LogP contribution in [0.25, 0.3) is 11.1 Å². The van der Waals surface area contributed by atoms with Gasteiger partial charge in [0.1, 0.15) is 12.4 Å². The molecule has 0 radical (unpaired) electrons. The summed E-state index contributed by atoms with van der Waals surface area (Å²) in [5.74, 6) is 0.464. The zero-order valence-corrected chi connectivity index (χ0v) is 15.5. The van der Waals surface area contributed by atoms with Crippen LogP contribution in [0.5, 0.6) is 5.75 Å². The fraction of sp³-hybridized carbons (Fsp3) is 0.409. The maximum absolute atomic E-state index is 11.3. The van der Waals surface area contributed by atoms with Crippen molar-refractivity contribution in [2.45, 2.75) is 38.1 Å². The third-order valence-corrected chi connectivity index (χ3v) is 5.25. The van der Waals surface area contributed by atoms with E-state index in [1.807, 2.05) is 42.5 Å². The average Bonchev–Trinajstić information content (AvgIpc) is 2.69. The van der Waals surface area contributed by atoms with E-state index in [0.717, 1.165) is 23.4 Å². The van der Waals surface area contributed by atoms with Crippen molar-refractivity contribution < 1.29 is 9.53 Å². The Labute approximate surface area is 156 Å². The lowest BCUT2D eigenvalue weighted by Gasteiger charge is -2.31. The van der Waals surface area contributed by atoms with Crippen LogP contribution in [0.4, 0.5) is 0 Å². The lowest BCUT2D eigenvalue weighted by atomic mass is 9.94. The lowest BCUT2D eigenvalue weighted by molar-refractivity contribution is 0.100. The van der Waals surface area contributed by atoms with Crippen molar-refractivity contribution in [3.8, 4) is 16.9 Å². The summed E-state index contributed by atoms with van der Waals surface area (Å²) >= 11 is 0. The molecule has 0 aromatic heterocycles. The number of primary amides is 1. The number of likely N-dealkylation sites (N-methyl/N-ethyl adjacent to an activating group) is 1. The van der Waals surface area contributed by atoms with Gasteiger partial charge in [-0.2, -0.15) is 0 Å². The summed E-state index contributed by atoms with van der Waals surface area (Å²) in [6.45, 7) is 1.65. The van der Waals surface area contributed by atoms with Crippen molar-refractivity contribution >= 4 is 5.91 Å². The molecule has 0 unspecified atom stereocenters. The highest BCUT2D eigenvalue weighted by molar-refractivity contribution is 5.94. The molecule has 0 spiro atoms. The zero-order valence-electron chi connectivity index (χ0n) is 15.5. The van der Waals surface area contributed by atoms with E-state index in [0.29, 0.717) is 18.2 Å². The summed E-state index contributed by atoms with van der Waals surface area (Å²) in [5, 5.41) is 0. The van der Waals surface area contributed by atoms with Crippen LogP contribution in [0.2, 0.25) is 0 Å². The van der Waals surface area contributed by atoms with Crippen molar-refractivity contribution in [1.29, 1.82) is 0 Å². The first-order valence-corrected chi connectivity index (χ1v) is 9.47. The SMILES string of the molecule is CN(CCOc1ccc(-c2cccc(C(N)=O)c2)cc1)C1CCCCC1. The van der Waals surface area contributed by atoms with Crippen molar-refractivity contribution in [2.75, 3.05) is 20.2 Å². The Kier molecular flexibility index (Phi) is 6.29. The van der Waals surface area contributed by atoms with Gasteiger partial charge in [-0.15, -0.1) is 0 Å². The Morgan fingerprint density at radius 1 is 1.08 bits per heavy atom. The predicted octanol–water partition coefficient (Wildman–Crippen LogP) is 4.10. The van der Waals surface area contributed by atoms with E-state index in [4.69, 9.17) is 10.5 Å². The number of carbonyl (C=O) groups is 1. The molecule has 0 aliphatic heterocycles. The minimum absolute atomic E-state index is 0.408. The van der Waals surface area contributed by atoms with Crippen molar-refractivity contribution in [3.05, 3.63) is 54.1 Å². The summed E-state index contributed by atoms with van der Waals surface area (Å²) in [6.07, 6.45) is 6.73. The normalized spacial score (nSPS) is 15.2. The van der Waals surface area contributed by atoms with Crippen LogP contribution in [-0.4, -0.2) is 37.0 Å². The van der Waals surface area contributed by atoms with Crippen LogP contribution in [0.15, 0.2) is 48.5 Å². The van der Waals surface area contributed by atoms with Crippen LogP contribution < -0.4 is 10.5 Å². The van der Waals surface area contributed by atoms with Gasteiger partial charge in [-0.05, 0) is 55.3 Å². The Bertz CT molecular complexity index is 721. The highest BCUT2D eigenvalue weighted by atomic mass is 16.5. The van der Waals surface area contributed by atoms with E-state index < -0.39 is 5.91 Å². The molecule has 2 aromatic carbocycles. The molecule has 3 rings (SSSR count). The van der Waals surface area contributed by atoms with Gasteiger partial charge in [0.15, 0.2) is 0 Å². The molecule has 1 fully saturated rings. The number of amides is 1. The number of nitrogens with zero attached hydrogens (tertiary/aromatic N) is 1. The smallest absolute Gasteiger partial charge is 0.248 e. The molecule has 4 nitrogen and oxygen atoms in total. The molecule has 0 atom stereocenters. The van der Waals surface area contributed by atoms with Crippen LogP contribution in [0.3, 0.4) is 0 Å². The number of hydrogen-bond acceptors (Lipinski definition) is 3. The third kappa shape index (κ3) is 4.85. The highest BCUT2D eigenvalue weighted by Gasteiger charge is 2.17. The van der Waals surface area contributed by atoms with Crippen LogP contribution >= 0.6 is 0 Å². The van der Waals surface area contributed by atoms with E-state index in [2.05, 4.69) is 11.9 Å². The van der Waals surface area contributed by atoms with Gasteiger partial charge in [-0.25, -0.2) is 0 Å². The summed E-state index contributed by atoms with van der Waals surface area (Å²) in [5.41, 5.74) is 7.90. The molecule has 2 N–H and O–H groups in total. The van der Waals surface area contributed by atoms with Crippen LogP contribution in [-0.2, 0) is 0 Å². The molecule has 1 saturated carbocycles. The Morgan fingerprint density at radius 3 is 2.50 bits per heavy atom. The van der Waals surface area contributed by atoms with Gasteiger partial charge >= 0.3 is 0 Å². The molecule has 0 bridgehead atoms. The van der Waals surface area contributed by atoms with E-state index in [1.54, 1.807) is 6.07 Å². The number of nitrogens with two attached hydrogens (primary N) is 1. The van der Waals surface area contributed by atoms with Gasteiger partial charge < -0.3 is 15.4 Å². The van der Waals surface area contributed by atoms with Crippen molar-refractivity contribution in [2.24, 2.45) is 5.73 Å². The summed E-state index contributed by atoms with van der Waals surface area (Å²) in [6, 6.07) is 16.1. The van der Waals surface area contributed by atoms with E-state index in [9.17, 15) is 4.79 Å². The monoisotopic (exact) mass is 352 g/mol. The van der Waals surface area contributed by atoms with Gasteiger partial charge in [0, 0.05) is 18.2 Å². The van der Waals surface area contributed by atoms with E-state index in [1.165, 1.54) is 32.1 Å². The largest absolute Gasteiger partial charge is 0.492 e. The van der Waals surface area contributed by atoms with Crippen LogP contribution in [0.1, 0.15) is 42.5 Å². The maximum atomic E-state index is 11.3. The number of rotatable bonds is 7. The molecule has 0 saturated heterocycles. The second-order valence-corrected chi connectivity index (χ2v) is 7.09. The van der Waals surface area contributed by atoms with E-state index in [-0.39, 0.29) is 0 Å². The molecule has 138 valence electrons. The summed E-state index contributed by atoms with van der Waals surface area (Å²) in [7, 11) is 2.20. The first-order valence-electron chi connectivity index (χ1n) is 9.47. The van der Waals surface area contributed by atoms with E-state index >= 15 is 0 Å². The molecule has 1 amide bonds. The molecule has 0 heterocycles. The van der Waals surface area contributed by atoms with Crippen molar-refractivity contribution in [1.82, 2.24) is 4.90 Å². The molecular formula is C22H28N2O2. The Morgan fingerprint density at radius 2 is 1.81 bits per heavy atom. The van der Waals surface area contributed by atoms with Gasteiger partial charge in [-0.1, -0.05) is 43.5 Å². The maximum Gasteiger partial charge on any atom is 0.248 e. The molecule has 4 heteroatoms. The molecule has 26 heavy (non-hydrogen) atoms. The fourth-order valence-corrected chi connectivity index (χ4v) is 3.61. The average molecular weight is 352 g/mol. The molecular weight excluding hydrogens is 324 g/mol. The fourth-order valence-electron chi connectivity index (χ4n) is 3.61. The van der Waals surface area contributed by atoms with Crippen molar-refractivity contribution in [3.63, 3.8) is 0 Å². The minimum atomic E-state index is -0.408. The lowest BCUT2D eigenvalue weighted by Crippen LogP contribution is -2.36. The van der Waals surface area contributed by atoms with Gasteiger partial charge in [-0.3, -0.25) is 4.79 Å². The number of hydrogen-bond donors (Lipinski definition) is 1. The standard InChI is InChI=1S/C22H28N2O2/c1-24(20-8-3-2-4-9-20)14-15-26-21-12-10-17(11-13-21)18-6-5-7-19(16-18)22(23)25/h5-7,10-13,16,20H,2-4,8-9,14-15H2,1H3,(H2,23,25).